The SMILES string of the molecule is CNC(c1ccc(S(C)(=O)=O)cc1)C1(CN)CC1. The second-order valence-electron chi connectivity index (χ2n) is 5.13. The highest BCUT2D eigenvalue weighted by molar-refractivity contribution is 7.90. The molecule has 1 aliphatic rings. The van der Waals surface area contributed by atoms with Gasteiger partial charge in [-0.05, 0) is 44.1 Å². The van der Waals surface area contributed by atoms with Crippen molar-refractivity contribution < 1.29 is 8.42 Å². The van der Waals surface area contributed by atoms with Gasteiger partial charge in [-0.25, -0.2) is 8.42 Å². The summed E-state index contributed by atoms with van der Waals surface area (Å²) in [7, 11) is -1.20. The number of nitrogens with one attached hydrogen (secondary N) is 1. The lowest BCUT2D eigenvalue weighted by Gasteiger charge is -2.26. The van der Waals surface area contributed by atoms with Crippen LogP contribution in [0.2, 0.25) is 0 Å². The van der Waals surface area contributed by atoms with Gasteiger partial charge in [0.15, 0.2) is 9.84 Å². The van der Waals surface area contributed by atoms with Crippen LogP contribution in [0.15, 0.2) is 29.2 Å². The molecule has 0 heterocycles. The molecule has 0 spiro atoms. The first kappa shape index (κ1) is 13.5. The molecule has 18 heavy (non-hydrogen) atoms. The minimum atomic E-state index is -3.12. The molecule has 100 valence electrons. The highest BCUT2D eigenvalue weighted by Gasteiger charge is 2.48. The van der Waals surface area contributed by atoms with Gasteiger partial charge in [-0.3, -0.25) is 0 Å². The standard InChI is InChI=1S/C13H20N2O2S/c1-15-12(13(9-14)7-8-13)10-3-5-11(6-4-10)18(2,16)17/h3-6,12,15H,7-9,14H2,1-2H3. The number of hydrogen-bond donors (Lipinski definition) is 2. The van der Waals surface area contributed by atoms with E-state index >= 15 is 0 Å². The Kier molecular flexibility index (Phi) is 3.49. The maximum absolute atomic E-state index is 11.4. The molecule has 3 N–H and O–H groups in total. The quantitative estimate of drug-likeness (QED) is 0.838. The van der Waals surface area contributed by atoms with Crippen LogP contribution in [-0.2, 0) is 9.84 Å². The van der Waals surface area contributed by atoms with Crippen LogP contribution in [0.25, 0.3) is 0 Å². The monoisotopic (exact) mass is 268 g/mol. The Bertz CT molecular complexity index is 518. The van der Waals surface area contributed by atoms with Crippen molar-refractivity contribution in [2.45, 2.75) is 23.8 Å². The van der Waals surface area contributed by atoms with Crippen LogP contribution >= 0.6 is 0 Å². The van der Waals surface area contributed by atoms with E-state index in [1.165, 1.54) is 6.26 Å². The summed E-state index contributed by atoms with van der Waals surface area (Å²) in [5.74, 6) is 0. The molecular weight excluding hydrogens is 248 g/mol. The molecule has 4 nitrogen and oxygen atoms in total. The van der Waals surface area contributed by atoms with Crippen molar-refractivity contribution in [2.24, 2.45) is 11.1 Å². The molecule has 1 aliphatic carbocycles. The second kappa shape index (κ2) is 4.64. The maximum atomic E-state index is 11.4. The Morgan fingerprint density at radius 3 is 2.22 bits per heavy atom. The Morgan fingerprint density at radius 1 is 1.33 bits per heavy atom. The predicted molar refractivity (Wildman–Crippen MR) is 72.1 cm³/mol. The highest BCUT2D eigenvalue weighted by atomic mass is 32.2. The highest BCUT2D eigenvalue weighted by Crippen LogP contribution is 2.53. The van der Waals surface area contributed by atoms with Crippen molar-refractivity contribution in [3.8, 4) is 0 Å². The molecule has 1 fully saturated rings. The van der Waals surface area contributed by atoms with Crippen molar-refractivity contribution in [1.29, 1.82) is 0 Å². The average Bonchev–Trinajstić information content (AvgIpc) is 3.11. The van der Waals surface area contributed by atoms with Crippen molar-refractivity contribution in [3.63, 3.8) is 0 Å². The largest absolute Gasteiger partial charge is 0.330 e. The fourth-order valence-corrected chi connectivity index (χ4v) is 3.14. The van der Waals surface area contributed by atoms with Crippen molar-refractivity contribution in [3.05, 3.63) is 29.8 Å². The molecule has 1 aromatic rings. The maximum Gasteiger partial charge on any atom is 0.175 e. The minimum absolute atomic E-state index is 0.154. The lowest BCUT2D eigenvalue weighted by molar-refractivity contribution is 0.366. The normalized spacial score (nSPS) is 19.5. The van der Waals surface area contributed by atoms with Crippen molar-refractivity contribution in [1.82, 2.24) is 5.32 Å². The van der Waals surface area contributed by atoms with Gasteiger partial charge in [-0.15, -0.1) is 0 Å². The summed E-state index contributed by atoms with van der Waals surface area (Å²) >= 11 is 0. The van der Waals surface area contributed by atoms with Crippen LogP contribution in [0.3, 0.4) is 0 Å². The molecule has 5 heteroatoms. The van der Waals surface area contributed by atoms with Crippen LogP contribution in [-0.4, -0.2) is 28.3 Å². The van der Waals surface area contributed by atoms with E-state index in [1.54, 1.807) is 12.1 Å². The number of hydrogen-bond acceptors (Lipinski definition) is 4. The third-order valence-corrected chi connectivity index (χ3v) is 4.97. The van der Waals surface area contributed by atoms with Gasteiger partial charge in [-0.2, -0.15) is 0 Å². The minimum Gasteiger partial charge on any atom is -0.330 e. The molecule has 0 saturated heterocycles. The van der Waals surface area contributed by atoms with Gasteiger partial charge in [0.25, 0.3) is 0 Å². The van der Waals surface area contributed by atoms with E-state index in [4.69, 9.17) is 5.73 Å². The smallest absolute Gasteiger partial charge is 0.175 e. The second-order valence-corrected chi connectivity index (χ2v) is 7.15. The lowest BCUT2D eigenvalue weighted by Crippen LogP contribution is -2.32. The first-order chi connectivity index (χ1) is 8.43. The molecule has 1 aromatic carbocycles. The van der Waals surface area contributed by atoms with Crippen LogP contribution in [0.4, 0.5) is 0 Å². The van der Waals surface area contributed by atoms with E-state index in [-0.39, 0.29) is 11.5 Å². The molecule has 1 atom stereocenters. The third-order valence-electron chi connectivity index (χ3n) is 3.84. The summed E-state index contributed by atoms with van der Waals surface area (Å²) < 4.78 is 22.8. The van der Waals surface area contributed by atoms with Gasteiger partial charge >= 0.3 is 0 Å². The van der Waals surface area contributed by atoms with E-state index < -0.39 is 9.84 Å². The van der Waals surface area contributed by atoms with Gasteiger partial charge < -0.3 is 11.1 Å². The summed E-state index contributed by atoms with van der Waals surface area (Å²) in [5, 5.41) is 3.30. The zero-order valence-corrected chi connectivity index (χ0v) is 11.6. The fourth-order valence-electron chi connectivity index (χ4n) is 2.51. The number of nitrogens with two attached hydrogens (primary N) is 1. The molecular formula is C13H20N2O2S. The van der Waals surface area contributed by atoms with E-state index in [1.807, 2.05) is 19.2 Å². The number of benzene rings is 1. The van der Waals surface area contributed by atoms with Crippen LogP contribution in [0, 0.1) is 5.41 Å². The summed E-state index contributed by atoms with van der Waals surface area (Å²) in [6.07, 6.45) is 3.48. The third kappa shape index (κ3) is 2.43. The number of sulfone groups is 1. The Hall–Kier alpha value is -0.910. The summed E-state index contributed by atoms with van der Waals surface area (Å²) in [5.41, 5.74) is 7.10. The van der Waals surface area contributed by atoms with Crippen molar-refractivity contribution in [2.75, 3.05) is 19.8 Å². The predicted octanol–water partition coefficient (Wildman–Crippen LogP) is 1.09. The lowest BCUT2D eigenvalue weighted by atomic mass is 9.90. The van der Waals surface area contributed by atoms with Crippen LogP contribution < -0.4 is 11.1 Å². The molecule has 0 bridgehead atoms. The van der Waals surface area contributed by atoms with Gasteiger partial charge in [0.1, 0.15) is 0 Å². The average molecular weight is 268 g/mol. The zero-order chi connectivity index (χ0) is 13.4. The van der Waals surface area contributed by atoms with Crippen molar-refractivity contribution >= 4 is 9.84 Å². The van der Waals surface area contributed by atoms with Gasteiger partial charge in [0.2, 0.25) is 0 Å². The van der Waals surface area contributed by atoms with Crippen LogP contribution in [0.5, 0.6) is 0 Å². The topological polar surface area (TPSA) is 72.2 Å². The molecule has 0 aromatic heterocycles. The summed E-state index contributed by atoms with van der Waals surface area (Å²) in [6.45, 7) is 0.659. The number of rotatable bonds is 5. The van der Waals surface area contributed by atoms with E-state index in [0.717, 1.165) is 18.4 Å². The summed E-state index contributed by atoms with van der Waals surface area (Å²) in [4.78, 5) is 0.360. The Balaban J connectivity index is 2.29. The van der Waals surface area contributed by atoms with Gasteiger partial charge in [0, 0.05) is 17.7 Å². The fraction of sp³-hybridized carbons (Fsp3) is 0.538. The van der Waals surface area contributed by atoms with Crippen LogP contribution in [0.1, 0.15) is 24.4 Å². The van der Waals surface area contributed by atoms with E-state index in [9.17, 15) is 8.42 Å². The Labute approximate surface area is 108 Å². The van der Waals surface area contributed by atoms with Gasteiger partial charge in [0.05, 0.1) is 4.90 Å². The molecule has 0 aliphatic heterocycles. The molecule has 1 unspecified atom stereocenters. The Morgan fingerprint density at radius 2 is 1.89 bits per heavy atom. The first-order valence-corrected chi connectivity index (χ1v) is 7.99. The molecule has 0 amide bonds. The molecule has 2 rings (SSSR count). The zero-order valence-electron chi connectivity index (χ0n) is 10.8. The summed E-state index contributed by atoms with van der Waals surface area (Å²) in [6, 6.07) is 7.31. The molecule has 1 saturated carbocycles. The molecule has 0 radical (unpaired) electrons. The van der Waals surface area contributed by atoms with E-state index in [2.05, 4.69) is 5.32 Å². The first-order valence-electron chi connectivity index (χ1n) is 6.10. The van der Waals surface area contributed by atoms with E-state index in [0.29, 0.717) is 11.4 Å². The van der Waals surface area contributed by atoms with Gasteiger partial charge in [-0.1, -0.05) is 12.1 Å².